The third-order valence-corrected chi connectivity index (χ3v) is 2.74. The van der Waals surface area contributed by atoms with Gasteiger partial charge in [-0.05, 0) is 31.2 Å². The SMILES string of the molecule is C[C@H](NC(=O)COc1ccc(C(N)=O)cc1)C(=O)NCC(F)(F)F. The summed E-state index contributed by atoms with van der Waals surface area (Å²) in [5.74, 6) is -1.99. The molecule has 4 N–H and O–H groups in total. The summed E-state index contributed by atoms with van der Waals surface area (Å²) < 4.78 is 41.1. The quantitative estimate of drug-likeness (QED) is 0.661. The van der Waals surface area contributed by atoms with Crippen molar-refractivity contribution in [2.24, 2.45) is 5.73 Å². The maximum Gasteiger partial charge on any atom is 0.405 e. The van der Waals surface area contributed by atoms with Gasteiger partial charge in [0.25, 0.3) is 5.91 Å². The van der Waals surface area contributed by atoms with Gasteiger partial charge < -0.3 is 21.1 Å². The maximum absolute atomic E-state index is 12.0. The molecule has 132 valence electrons. The highest BCUT2D eigenvalue weighted by Gasteiger charge is 2.29. The van der Waals surface area contributed by atoms with Gasteiger partial charge in [0.05, 0.1) is 0 Å². The van der Waals surface area contributed by atoms with Crippen LogP contribution in [0.15, 0.2) is 24.3 Å². The Bertz CT molecular complexity index is 602. The predicted molar refractivity (Wildman–Crippen MR) is 77.1 cm³/mol. The van der Waals surface area contributed by atoms with Crippen molar-refractivity contribution in [3.63, 3.8) is 0 Å². The summed E-state index contributed by atoms with van der Waals surface area (Å²) in [6.07, 6.45) is -4.53. The van der Waals surface area contributed by atoms with Gasteiger partial charge in [-0.1, -0.05) is 0 Å². The van der Waals surface area contributed by atoms with E-state index >= 15 is 0 Å². The predicted octanol–water partition coefficient (Wildman–Crippen LogP) is 0.347. The van der Waals surface area contributed by atoms with Crippen LogP contribution in [0.2, 0.25) is 0 Å². The number of amides is 3. The molecule has 3 amide bonds. The first-order chi connectivity index (χ1) is 11.1. The molecule has 0 aromatic heterocycles. The van der Waals surface area contributed by atoms with E-state index in [9.17, 15) is 27.6 Å². The Labute approximate surface area is 135 Å². The van der Waals surface area contributed by atoms with Crippen LogP contribution in [0.1, 0.15) is 17.3 Å². The highest BCUT2D eigenvalue weighted by atomic mass is 19.4. The van der Waals surface area contributed by atoms with Crippen LogP contribution in [-0.2, 0) is 9.59 Å². The van der Waals surface area contributed by atoms with Crippen molar-refractivity contribution in [2.75, 3.05) is 13.2 Å². The zero-order chi connectivity index (χ0) is 18.3. The minimum atomic E-state index is -4.53. The van der Waals surface area contributed by atoms with Crippen molar-refractivity contribution in [3.05, 3.63) is 29.8 Å². The third kappa shape index (κ3) is 6.99. The average molecular weight is 347 g/mol. The van der Waals surface area contributed by atoms with E-state index in [1.807, 2.05) is 0 Å². The molecule has 1 aromatic carbocycles. The Morgan fingerprint density at radius 2 is 1.79 bits per heavy atom. The smallest absolute Gasteiger partial charge is 0.405 e. The van der Waals surface area contributed by atoms with Gasteiger partial charge >= 0.3 is 6.18 Å². The van der Waals surface area contributed by atoms with Crippen LogP contribution in [0, 0.1) is 0 Å². The van der Waals surface area contributed by atoms with Crippen LogP contribution < -0.4 is 21.1 Å². The number of carbonyl (C=O) groups excluding carboxylic acids is 3. The zero-order valence-corrected chi connectivity index (χ0v) is 12.6. The largest absolute Gasteiger partial charge is 0.484 e. The molecular weight excluding hydrogens is 331 g/mol. The third-order valence-electron chi connectivity index (χ3n) is 2.74. The van der Waals surface area contributed by atoms with Crippen LogP contribution in [0.25, 0.3) is 0 Å². The van der Waals surface area contributed by atoms with Gasteiger partial charge in [0.15, 0.2) is 6.61 Å². The van der Waals surface area contributed by atoms with Gasteiger partial charge in [-0.15, -0.1) is 0 Å². The molecule has 0 heterocycles. The zero-order valence-electron chi connectivity index (χ0n) is 12.6. The fraction of sp³-hybridized carbons (Fsp3) is 0.357. The van der Waals surface area contributed by atoms with E-state index in [4.69, 9.17) is 10.5 Å². The molecule has 0 aliphatic carbocycles. The molecule has 0 aliphatic heterocycles. The standard InChI is InChI=1S/C14H16F3N3O4/c1-8(13(23)19-7-14(15,16)17)20-11(21)6-24-10-4-2-9(3-5-10)12(18)22/h2-5,8H,6-7H2,1H3,(H2,18,22)(H,19,23)(H,20,21)/t8-/m0/s1. The summed E-state index contributed by atoms with van der Waals surface area (Å²) in [7, 11) is 0. The monoisotopic (exact) mass is 347 g/mol. The molecular formula is C14H16F3N3O4. The van der Waals surface area contributed by atoms with Crippen molar-refractivity contribution in [2.45, 2.75) is 19.1 Å². The molecule has 0 saturated heterocycles. The first kappa shape index (κ1) is 19.3. The molecule has 1 rings (SSSR count). The summed E-state index contributed by atoms with van der Waals surface area (Å²) in [5, 5.41) is 3.85. The normalized spacial score (nSPS) is 12.2. The van der Waals surface area contributed by atoms with Crippen LogP contribution >= 0.6 is 0 Å². The average Bonchev–Trinajstić information content (AvgIpc) is 2.50. The number of hydrogen-bond donors (Lipinski definition) is 3. The van der Waals surface area contributed by atoms with Gasteiger partial charge in [-0.3, -0.25) is 14.4 Å². The van der Waals surface area contributed by atoms with Gasteiger partial charge in [-0.2, -0.15) is 13.2 Å². The topological polar surface area (TPSA) is 111 Å². The van der Waals surface area contributed by atoms with Gasteiger partial charge in [0, 0.05) is 5.56 Å². The second-order valence-electron chi connectivity index (χ2n) is 4.80. The van der Waals surface area contributed by atoms with E-state index in [1.165, 1.54) is 31.2 Å². The van der Waals surface area contributed by atoms with E-state index < -0.39 is 43.1 Å². The molecule has 0 fully saturated rings. The van der Waals surface area contributed by atoms with E-state index in [1.54, 1.807) is 5.32 Å². The molecule has 7 nitrogen and oxygen atoms in total. The van der Waals surface area contributed by atoms with E-state index in [0.717, 1.165) is 0 Å². The van der Waals surface area contributed by atoms with Crippen LogP contribution in [0.4, 0.5) is 13.2 Å². The molecule has 24 heavy (non-hydrogen) atoms. The fourth-order valence-corrected chi connectivity index (χ4v) is 1.55. The number of ether oxygens (including phenoxy) is 1. The second kappa shape index (κ2) is 8.18. The summed E-state index contributed by atoms with van der Waals surface area (Å²) >= 11 is 0. The molecule has 10 heteroatoms. The summed E-state index contributed by atoms with van der Waals surface area (Å²) in [6, 6.07) is 4.51. The highest BCUT2D eigenvalue weighted by molar-refractivity contribution is 5.92. The lowest BCUT2D eigenvalue weighted by molar-refractivity contribution is -0.140. The van der Waals surface area contributed by atoms with E-state index in [2.05, 4.69) is 5.32 Å². The minimum Gasteiger partial charge on any atom is -0.484 e. The summed E-state index contributed by atoms with van der Waals surface area (Å²) in [4.78, 5) is 33.9. The molecule has 0 spiro atoms. The Hall–Kier alpha value is -2.78. The van der Waals surface area contributed by atoms with Gasteiger partial charge in [0.1, 0.15) is 18.3 Å². The Morgan fingerprint density at radius 1 is 1.21 bits per heavy atom. The number of hydrogen-bond acceptors (Lipinski definition) is 4. The number of halogens is 3. The molecule has 0 unspecified atom stereocenters. The van der Waals surface area contributed by atoms with Crippen molar-refractivity contribution in [1.82, 2.24) is 10.6 Å². The number of carbonyl (C=O) groups is 3. The number of alkyl halides is 3. The van der Waals surface area contributed by atoms with E-state index in [0.29, 0.717) is 0 Å². The fourth-order valence-electron chi connectivity index (χ4n) is 1.55. The molecule has 0 saturated carbocycles. The molecule has 0 radical (unpaired) electrons. The lowest BCUT2D eigenvalue weighted by Crippen LogP contribution is -2.48. The van der Waals surface area contributed by atoms with E-state index in [-0.39, 0.29) is 11.3 Å². The van der Waals surface area contributed by atoms with Crippen LogP contribution in [0.3, 0.4) is 0 Å². The number of benzene rings is 1. The Kier molecular flexibility index (Phi) is 6.57. The Morgan fingerprint density at radius 3 is 2.29 bits per heavy atom. The minimum absolute atomic E-state index is 0.266. The van der Waals surface area contributed by atoms with Crippen molar-refractivity contribution >= 4 is 17.7 Å². The first-order valence-electron chi connectivity index (χ1n) is 6.75. The van der Waals surface area contributed by atoms with Gasteiger partial charge in [-0.25, -0.2) is 0 Å². The van der Waals surface area contributed by atoms with Crippen LogP contribution in [0.5, 0.6) is 5.75 Å². The lowest BCUT2D eigenvalue weighted by atomic mass is 10.2. The number of nitrogens with two attached hydrogens (primary N) is 1. The van der Waals surface area contributed by atoms with Crippen LogP contribution in [-0.4, -0.2) is 43.1 Å². The van der Waals surface area contributed by atoms with Crippen molar-refractivity contribution in [3.8, 4) is 5.75 Å². The number of primary amides is 1. The second-order valence-corrected chi connectivity index (χ2v) is 4.80. The molecule has 1 atom stereocenters. The maximum atomic E-state index is 12.0. The Balaban J connectivity index is 2.40. The molecule has 1 aromatic rings. The lowest BCUT2D eigenvalue weighted by Gasteiger charge is -2.15. The van der Waals surface area contributed by atoms with Crippen molar-refractivity contribution in [1.29, 1.82) is 0 Å². The molecule has 0 bridgehead atoms. The highest BCUT2D eigenvalue weighted by Crippen LogP contribution is 2.12. The first-order valence-corrected chi connectivity index (χ1v) is 6.75. The van der Waals surface area contributed by atoms with Gasteiger partial charge in [0.2, 0.25) is 11.8 Å². The summed E-state index contributed by atoms with van der Waals surface area (Å²) in [6.45, 7) is -0.688. The number of nitrogens with one attached hydrogen (secondary N) is 2. The number of rotatable bonds is 7. The van der Waals surface area contributed by atoms with Crippen molar-refractivity contribution < 1.29 is 32.3 Å². The molecule has 0 aliphatic rings. The summed E-state index contributed by atoms with van der Waals surface area (Å²) in [5.41, 5.74) is 5.33.